The maximum Gasteiger partial charge on any atom is 0.165 e. The van der Waals surface area contributed by atoms with E-state index < -0.39 is 5.82 Å². The highest BCUT2D eigenvalue weighted by molar-refractivity contribution is 5.94. The number of allylic oxidation sites excluding steroid dienone is 1. The van der Waals surface area contributed by atoms with Gasteiger partial charge in [0.05, 0.1) is 0 Å². The van der Waals surface area contributed by atoms with Gasteiger partial charge in [-0.05, 0) is 45.0 Å². The molecule has 3 heteroatoms. The van der Waals surface area contributed by atoms with Crippen molar-refractivity contribution in [1.29, 1.82) is 0 Å². The smallest absolute Gasteiger partial charge is 0.165 e. The predicted molar refractivity (Wildman–Crippen MR) is 61.3 cm³/mol. The molecule has 0 fully saturated rings. The lowest BCUT2D eigenvalue weighted by Gasteiger charge is -2.05. The Hall–Kier alpha value is -1.64. The van der Waals surface area contributed by atoms with Gasteiger partial charge in [-0.25, -0.2) is 4.39 Å². The van der Waals surface area contributed by atoms with Crippen molar-refractivity contribution in [3.8, 4) is 5.75 Å². The molecule has 0 aliphatic rings. The van der Waals surface area contributed by atoms with E-state index in [0.717, 1.165) is 5.57 Å². The molecule has 0 atom stereocenters. The van der Waals surface area contributed by atoms with Crippen molar-refractivity contribution in [2.24, 2.45) is 0 Å². The molecule has 0 bridgehead atoms. The van der Waals surface area contributed by atoms with Crippen LogP contribution < -0.4 is 4.74 Å². The van der Waals surface area contributed by atoms with Gasteiger partial charge in [-0.2, -0.15) is 0 Å². The van der Waals surface area contributed by atoms with Gasteiger partial charge in [0, 0.05) is 5.56 Å². The standard InChI is InChI=1S/C13H15FO2/c1-9(2)6-7-16-13-5-4-11(10(3)15)8-12(13)14/h4-6,8H,7H2,1-3H3. The SMILES string of the molecule is CC(=O)c1ccc(OCC=C(C)C)c(F)c1. The van der Waals surface area contributed by atoms with Crippen molar-refractivity contribution < 1.29 is 13.9 Å². The normalized spacial score (nSPS) is 9.75. The molecular formula is C13H15FO2. The zero-order valence-corrected chi connectivity index (χ0v) is 9.71. The second-order valence-corrected chi connectivity index (χ2v) is 3.79. The zero-order chi connectivity index (χ0) is 12.1. The summed E-state index contributed by atoms with van der Waals surface area (Å²) in [6.07, 6.45) is 1.86. The molecule has 0 spiro atoms. The minimum Gasteiger partial charge on any atom is -0.486 e. The highest BCUT2D eigenvalue weighted by Crippen LogP contribution is 2.18. The second-order valence-electron chi connectivity index (χ2n) is 3.79. The highest BCUT2D eigenvalue weighted by atomic mass is 19.1. The third kappa shape index (κ3) is 3.50. The van der Waals surface area contributed by atoms with Crippen LogP contribution in [0.4, 0.5) is 4.39 Å². The molecule has 0 unspecified atom stereocenters. The summed E-state index contributed by atoms with van der Waals surface area (Å²) >= 11 is 0. The fraction of sp³-hybridized carbons (Fsp3) is 0.308. The Kier molecular flexibility index (Phi) is 4.23. The minimum atomic E-state index is -0.505. The average Bonchev–Trinajstić information content (AvgIpc) is 2.19. The molecule has 16 heavy (non-hydrogen) atoms. The van der Waals surface area contributed by atoms with E-state index >= 15 is 0 Å². The van der Waals surface area contributed by atoms with Gasteiger partial charge in [0.1, 0.15) is 6.61 Å². The number of ketones is 1. The average molecular weight is 222 g/mol. The second kappa shape index (κ2) is 5.45. The van der Waals surface area contributed by atoms with E-state index in [1.54, 1.807) is 6.07 Å². The van der Waals surface area contributed by atoms with Crippen molar-refractivity contribution in [1.82, 2.24) is 0 Å². The lowest BCUT2D eigenvalue weighted by Crippen LogP contribution is -1.99. The van der Waals surface area contributed by atoms with E-state index in [1.165, 1.54) is 19.1 Å². The van der Waals surface area contributed by atoms with Gasteiger partial charge >= 0.3 is 0 Å². The van der Waals surface area contributed by atoms with Gasteiger partial charge in [-0.1, -0.05) is 5.57 Å². The van der Waals surface area contributed by atoms with Crippen LogP contribution in [-0.4, -0.2) is 12.4 Å². The van der Waals surface area contributed by atoms with Gasteiger partial charge < -0.3 is 4.74 Å². The number of halogens is 1. The summed E-state index contributed by atoms with van der Waals surface area (Å²) in [5.74, 6) is -0.493. The quantitative estimate of drug-likeness (QED) is 0.576. The molecule has 0 radical (unpaired) electrons. The summed E-state index contributed by atoms with van der Waals surface area (Å²) in [4.78, 5) is 11.0. The molecule has 0 heterocycles. The molecule has 2 nitrogen and oxygen atoms in total. The summed E-state index contributed by atoms with van der Waals surface area (Å²) in [6.45, 7) is 5.62. The van der Waals surface area contributed by atoms with E-state index in [4.69, 9.17) is 4.74 Å². The first-order chi connectivity index (χ1) is 7.50. The van der Waals surface area contributed by atoms with E-state index in [9.17, 15) is 9.18 Å². The summed E-state index contributed by atoms with van der Waals surface area (Å²) in [5.41, 5.74) is 1.47. The van der Waals surface area contributed by atoms with Crippen LogP contribution >= 0.6 is 0 Å². The molecule has 1 aromatic rings. The van der Waals surface area contributed by atoms with Crippen molar-refractivity contribution in [2.75, 3.05) is 6.61 Å². The Labute approximate surface area is 94.7 Å². The van der Waals surface area contributed by atoms with Crippen LogP contribution in [0, 0.1) is 5.82 Å². The van der Waals surface area contributed by atoms with E-state index in [2.05, 4.69) is 0 Å². The van der Waals surface area contributed by atoms with Crippen LogP contribution in [0.3, 0.4) is 0 Å². The Bertz CT molecular complexity index is 418. The number of hydrogen-bond acceptors (Lipinski definition) is 2. The summed E-state index contributed by atoms with van der Waals surface area (Å²) in [6, 6.07) is 4.23. The van der Waals surface area contributed by atoms with Crippen LogP contribution in [0.5, 0.6) is 5.75 Å². The molecule has 0 amide bonds. The molecule has 0 aromatic heterocycles. The van der Waals surface area contributed by atoms with Gasteiger partial charge in [0.15, 0.2) is 17.3 Å². The van der Waals surface area contributed by atoms with E-state index in [1.807, 2.05) is 19.9 Å². The molecule has 0 aliphatic carbocycles. The number of carbonyl (C=O) groups is 1. The highest BCUT2D eigenvalue weighted by Gasteiger charge is 2.06. The maximum absolute atomic E-state index is 13.4. The lowest BCUT2D eigenvalue weighted by molar-refractivity contribution is 0.101. The molecule has 1 aromatic carbocycles. The number of hydrogen-bond donors (Lipinski definition) is 0. The Morgan fingerprint density at radius 2 is 2.06 bits per heavy atom. The number of carbonyl (C=O) groups excluding carboxylic acids is 1. The number of Topliss-reactive ketones (excluding diaryl/α,β-unsaturated/α-hetero) is 1. The first kappa shape index (κ1) is 12.4. The molecule has 1 rings (SSSR count). The fourth-order valence-corrected chi connectivity index (χ4v) is 1.13. The first-order valence-corrected chi connectivity index (χ1v) is 5.07. The molecule has 0 N–H and O–H groups in total. The van der Waals surface area contributed by atoms with Crippen LogP contribution in [-0.2, 0) is 0 Å². The van der Waals surface area contributed by atoms with E-state index in [0.29, 0.717) is 12.2 Å². The Morgan fingerprint density at radius 3 is 2.56 bits per heavy atom. The number of rotatable bonds is 4. The molecule has 0 aliphatic heterocycles. The third-order valence-corrected chi connectivity index (χ3v) is 2.07. The van der Waals surface area contributed by atoms with Gasteiger partial charge in [0.2, 0.25) is 0 Å². The number of ether oxygens (including phenoxy) is 1. The van der Waals surface area contributed by atoms with Gasteiger partial charge in [0.25, 0.3) is 0 Å². The van der Waals surface area contributed by atoms with E-state index in [-0.39, 0.29) is 11.5 Å². The summed E-state index contributed by atoms with van der Waals surface area (Å²) < 4.78 is 18.7. The largest absolute Gasteiger partial charge is 0.486 e. The predicted octanol–water partition coefficient (Wildman–Crippen LogP) is 3.37. The molecule has 0 saturated carbocycles. The lowest BCUT2D eigenvalue weighted by atomic mass is 10.1. The topological polar surface area (TPSA) is 26.3 Å². The monoisotopic (exact) mass is 222 g/mol. The van der Waals surface area contributed by atoms with Crippen LogP contribution in [0.2, 0.25) is 0 Å². The van der Waals surface area contributed by atoms with Gasteiger partial charge in [-0.3, -0.25) is 4.79 Å². The van der Waals surface area contributed by atoms with Crippen molar-refractivity contribution >= 4 is 5.78 Å². The van der Waals surface area contributed by atoms with Crippen LogP contribution in [0.1, 0.15) is 31.1 Å². The van der Waals surface area contributed by atoms with Crippen LogP contribution in [0.15, 0.2) is 29.8 Å². The summed E-state index contributed by atoms with van der Waals surface area (Å²) in [5, 5.41) is 0. The third-order valence-electron chi connectivity index (χ3n) is 2.07. The first-order valence-electron chi connectivity index (χ1n) is 5.07. The van der Waals surface area contributed by atoms with Crippen molar-refractivity contribution in [3.05, 3.63) is 41.2 Å². The molecule has 86 valence electrons. The Balaban J connectivity index is 2.75. The minimum absolute atomic E-state index is 0.158. The Morgan fingerprint density at radius 1 is 1.38 bits per heavy atom. The van der Waals surface area contributed by atoms with Gasteiger partial charge in [-0.15, -0.1) is 0 Å². The summed E-state index contributed by atoms with van der Waals surface area (Å²) in [7, 11) is 0. The molecular weight excluding hydrogens is 207 g/mol. The van der Waals surface area contributed by atoms with Crippen molar-refractivity contribution in [2.45, 2.75) is 20.8 Å². The number of benzene rings is 1. The van der Waals surface area contributed by atoms with Crippen molar-refractivity contribution in [3.63, 3.8) is 0 Å². The fourth-order valence-electron chi connectivity index (χ4n) is 1.13. The maximum atomic E-state index is 13.4. The van der Waals surface area contributed by atoms with Crippen LogP contribution in [0.25, 0.3) is 0 Å². The zero-order valence-electron chi connectivity index (χ0n) is 9.71. The molecule has 0 saturated heterocycles.